The third-order valence-corrected chi connectivity index (χ3v) is 5.56. The molecule has 144 valence electrons. The summed E-state index contributed by atoms with van der Waals surface area (Å²) in [4.78, 5) is 26.3. The highest BCUT2D eigenvalue weighted by Gasteiger charge is 2.32. The standard InChI is InChI=1S/C22H25N5O/c1-22(2,3)14-9-10-18-16(13-14)19(15-7-4-5-8-17(15)25-18)20(28)26-27-21-23-11-6-12-24-21/h4-8,11-12,14H,9-10,13H2,1-3H3,(H,26,28)(H,23,24,27). The van der Waals surface area contributed by atoms with E-state index in [1.54, 1.807) is 18.5 Å². The van der Waals surface area contributed by atoms with E-state index < -0.39 is 0 Å². The number of aryl methyl sites for hydroxylation is 1. The minimum Gasteiger partial charge on any atom is -0.267 e. The van der Waals surface area contributed by atoms with Crippen LogP contribution in [0.1, 0.15) is 48.8 Å². The zero-order chi connectivity index (χ0) is 19.7. The normalized spacial score (nSPS) is 16.5. The molecule has 1 aromatic carbocycles. The Bertz CT molecular complexity index is 1010. The van der Waals surface area contributed by atoms with Gasteiger partial charge < -0.3 is 0 Å². The van der Waals surface area contributed by atoms with Gasteiger partial charge >= 0.3 is 0 Å². The third-order valence-electron chi connectivity index (χ3n) is 5.56. The van der Waals surface area contributed by atoms with Crippen molar-refractivity contribution < 1.29 is 4.79 Å². The molecule has 1 atom stereocenters. The number of fused-ring (bicyclic) bond motifs is 2. The maximum atomic E-state index is 13.2. The lowest BCUT2D eigenvalue weighted by molar-refractivity contribution is 0.0961. The van der Waals surface area contributed by atoms with Gasteiger partial charge in [-0.1, -0.05) is 39.0 Å². The number of hydrazine groups is 1. The Kier molecular flexibility index (Phi) is 4.71. The van der Waals surface area contributed by atoms with Crippen LogP contribution in [0.25, 0.3) is 10.9 Å². The van der Waals surface area contributed by atoms with E-state index in [0.29, 0.717) is 17.4 Å². The van der Waals surface area contributed by atoms with Gasteiger partial charge in [0.05, 0.1) is 11.1 Å². The number of hydrogen-bond donors (Lipinski definition) is 2. The fraction of sp³-hybridized carbons (Fsp3) is 0.364. The lowest BCUT2D eigenvalue weighted by atomic mass is 9.70. The molecule has 2 aromatic heterocycles. The van der Waals surface area contributed by atoms with Gasteiger partial charge in [0.1, 0.15) is 0 Å². The number of rotatable bonds is 3. The summed E-state index contributed by atoms with van der Waals surface area (Å²) in [5.74, 6) is 0.687. The Hall–Kier alpha value is -3.02. The smallest absolute Gasteiger partial charge is 0.267 e. The molecule has 1 aliphatic rings. The summed E-state index contributed by atoms with van der Waals surface area (Å²) in [6.45, 7) is 6.81. The van der Waals surface area contributed by atoms with Gasteiger partial charge in [-0.2, -0.15) is 0 Å². The zero-order valence-corrected chi connectivity index (χ0v) is 16.5. The van der Waals surface area contributed by atoms with E-state index in [-0.39, 0.29) is 11.3 Å². The highest BCUT2D eigenvalue weighted by molar-refractivity contribution is 6.08. The second kappa shape index (κ2) is 7.19. The fourth-order valence-electron chi connectivity index (χ4n) is 3.93. The average molecular weight is 375 g/mol. The SMILES string of the molecule is CC(C)(C)C1CCc2nc3ccccc3c(C(=O)NNc3ncccn3)c2C1. The van der Waals surface area contributed by atoms with E-state index in [4.69, 9.17) is 4.98 Å². The number of benzene rings is 1. The fourth-order valence-corrected chi connectivity index (χ4v) is 3.93. The van der Waals surface area contributed by atoms with Gasteiger partial charge in [-0.3, -0.25) is 20.6 Å². The van der Waals surface area contributed by atoms with Gasteiger partial charge in [-0.05, 0) is 48.3 Å². The quantitative estimate of drug-likeness (QED) is 0.678. The molecule has 6 heteroatoms. The van der Waals surface area contributed by atoms with E-state index >= 15 is 0 Å². The number of anilines is 1. The van der Waals surface area contributed by atoms with Crippen LogP contribution in [0, 0.1) is 11.3 Å². The van der Waals surface area contributed by atoms with E-state index in [9.17, 15) is 4.79 Å². The molecule has 0 spiro atoms. The number of aromatic nitrogens is 3. The Balaban J connectivity index is 1.74. The van der Waals surface area contributed by atoms with E-state index in [0.717, 1.165) is 41.4 Å². The van der Waals surface area contributed by atoms with Crippen molar-refractivity contribution in [1.82, 2.24) is 20.4 Å². The molecule has 1 aliphatic carbocycles. The molecular weight excluding hydrogens is 350 g/mol. The molecule has 0 saturated carbocycles. The number of carbonyl (C=O) groups is 1. The van der Waals surface area contributed by atoms with Crippen molar-refractivity contribution in [3.8, 4) is 0 Å². The van der Waals surface area contributed by atoms with Crippen LogP contribution in [0.3, 0.4) is 0 Å². The molecule has 2 N–H and O–H groups in total. The largest absolute Gasteiger partial charge is 0.270 e. The molecule has 3 aromatic rings. The van der Waals surface area contributed by atoms with Gasteiger partial charge in [0.25, 0.3) is 5.91 Å². The monoisotopic (exact) mass is 375 g/mol. The number of para-hydroxylation sites is 1. The van der Waals surface area contributed by atoms with Crippen molar-refractivity contribution in [1.29, 1.82) is 0 Å². The molecule has 0 radical (unpaired) electrons. The second-order valence-corrected chi connectivity index (χ2v) is 8.39. The summed E-state index contributed by atoms with van der Waals surface area (Å²) in [6.07, 6.45) is 6.11. The summed E-state index contributed by atoms with van der Waals surface area (Å²) in [6, 6.07) is 9.57. The Morgan fingerprint density at radius 2 is 1.86 bits per heavy atom. The second-order valence-electron chi connectivity index (χ2n) is 8.39. The van der Waals surface area contributed by atoms with Crippen LogP contribution in [-0.2, 0) is 12.8 Å². The van der Waals surface area contributed by atoms with Crippen LogP contribution in [-0.4, -0.2) is 20.9 Å². The van der Waals surface area contributed by atoms with Crippen molar-refractivity contribution in [2.24, 2.45) is 11.3 Å². The maximum absolute atomic E-state index is 13.2. The van der Waals surface area contributed by atoms with Crippen molar-refractivity contribution in [3.05, 3.63) is 59.5 Å². The predicted octanol–water partition coefficient (Wildman–Crippen LogP) is 3.93. The molecule has 0 bridgehead atoms. The minimum absolute atomic E-state index is 0.183. The number of pyridine rings is 1. The van der Waals surface area contributed by atoms with Gasteiger partial charge in [-0.25, -0.2) is 9.97 Å². The van der Waals surface area contributed by atoms with Crippen LogP contribution in [0.4, 0.5) is 5.95 Å². The first-order valence-corrected chi connectivity index (χ1v) is 9.67. The molecule has 1 unspecified atom stereocenters. The minimum atomic E-state index is -0.183. The van der Waals surface area contributed by atoms with Crippen molar-refractivity contribution in [2.75, 3.05) is 5.43 Å². The van der Waals surface area contributed by atoms with Gasteiger partial charge in [-0.15, -0.1) is 0 Å². The van der Waals surface area contributed by atoms with Crippen LogP contribution >= 0.6 is 0 Å². The molecule has 6 nitrogen and oxygen atoms in total. The lowest BCUT2D eigenvalue weighted by Crippen LogP contribution is -2.34. The van der Waals surface area contributed by atoms with Crippen LogP contribution in [0.15, 0.2) is 42.7 Å². The number of hydrogen-bond acceptors (Lipinski definition) is 5. The zero-order valence-electron chi connectivity index (χ0n) is 16.5. The Labute approximate surface area is 164 Å². The summed E-state index contributed by atoms with van der Waals surface area (Å²) >= 11 is 0. The van der Waals surface area contributed by atoms with Gasteiger partial charge in [0.15, 0.2) is 0 Å². The molecule has 0 fully saturated rings. The van der Waals surface area contributed by atoms with E-state index in [1.807, 2.05) is 24.3 Å². The highest BCUT2D eigenvalue weighted by atomic mass is 16.2. The molecule has 0 saturated heterocycles. The first-order valence-electron chi connectivity index (χ1n) is 9.67. The van der Waals surface area contributed by atoms with Gasteiger partial charge in [0.2, 0.25) is 5.95 Å². The average Bonchev–Trinajstić information content (AvgIpc) is 2.70. The third kappa shape index (κ3) is 3.54. The van der Waals surface area contributed by atoms with Crippen LogP contribution in [0.5, 0.6) is 0 Å². The lowest BCUT2D eigenvalue weighted by Gasteiger charge is -2.35. The summed E-state index contributed by atoms with van der Waals surface area (Å²) in [5, 5.41) is 0.879. The number of carbonyl (C=O) groups excluding carboxylic acids is 1. The molecule has 1 amide bonds. The van der Waals surface area contributed by atoms with Gasteiger partial charge in [0, 0.05) is 23.5 Å². The van der Waals surface area contributed by atoms with E-state index in [1.165, 1.54) is 0 Å². The molecular formula is C22H25N5O. The summed E-state index contributed by atoms with van der Waals surface area (Å²) in [7, 11) is 0. The Morgan fingerprint density at radius 1 is 1.11 bits per heavy atom. The van der Waals surface area contributed by atoms with E-state index in [2.05, 4.69) is 41.6 Å². The van der Waals surface area contributed by atoms with Crippen molar-refractivity contribution in [3.63, 3.8) is 0 Å². The predicted molar refractivity (Wildman–Crippen MR) is 110 cm³/mol. The van der Waals surface area contributed by atoms with Crippen molar-refractivity contribution in [2.45, 2.75) is 40.0 Å². The summed E-state index contributed by atoms with van der Waals surface area (Å²) < 4.78 is 0. The number of nitrogens with zero attached hydrogens (tertiary/aromatic N) is 3. The first-order chi connectivity index (χ1) is 13.4. The van der Waals surface area contributed by atoms with Crippen LogP contribution < -0.4 is 10.9 Å². The molecule has 28 heavy (non-hydrogen) atoms. The number of amides is 1. The molecule has 2 heterocycles. The molecule has 0 aliphatic heterocycles. The Morgan fingerprint density at radius 3 is 2.61 bits per heavy atom. The number of nitrogens with one attached hydrogen (secondary N) is 2. The van der Waals surface area contributed by atoms with Crippen LogP contribution in [0.2, 0.25) is 0 Å². The molecule has 4 rings (SSSR count). The maximum Gasteiger partial charge on any atom is 0.270 e. The highest BCUT2D eigenvalue weighted by Crippen LogP contribution is 2.39. The topological polar surface area (TPSA) is 79.8 Å². The van der Waals surface area contributed by atoms with Crippen molar-refractivity contribution >= 4 is 22.8 Å². The summed E-state index contributed by atoms with van der Waals surface area (Å²) in [5.41, 5.74) is 9.44. The first kappa shape index (κ1) is 18.3.